The van der Waals surface area contributed by atoms with E-state index in [4.69, 9.17) is 0 Å². The Bertz CT molecular complexity index is 486. The Labute approximate surface area is 129 Å². The van der Waals surface area contributed by atoms with Crippen LogP contribution in [0.4, 0.5) is 5.69 Å². The molecule has 3 unspecified atom stereocenters. The lowest BCUT2D eigenvalue weighted by molar-refractivity contribution is 0.0657. The minimum absolute atomic E-state index is 0.113. The molecule has 0 amide bonds. The Kier molecular flexibility index (Phi) is 4.26. The lowest BCUT2D eigenvalue weighted by atomic mass is 9.70. The van der Waals surface area contributed by atoms with Gasteiger partial charge in [-0.2, -0.15) is 0 Å². The molecule has 1 aliphatic carbocycles. The summed E-state index contributed by atoms with van der Waals surface area (Å²) >= 11 is 0. The minimum Gasteiger partial charge on any atom is -0.396 e. The molecule has 1 N–H and O–H groups in total. The highest BCUT2D eigenvalue weighted by molar-refractivity contribution is 5.56. The summed E-state index contributed by atoms with van der Waals surface area (Å²) in [7, 11) is 0. The van der Waals surface area contributed by atoms with Gasteiger partial charge in [0.2, 0.25) is 0 Å². The molecule has 3 rings (SSSR count). The molecule has 1 fully saturated rings. The number of aliphatic hydroxyl groups is 1. The Hall–Kier alpha value is -1.02. The summed E-state index contributed by atoms with van der Waals surface area (Å²) in [6.45, 7) is 7.18. The van der Waals surface area contributed by atoms with Gasteiger partial charge in [0, 0.05) is 24.2 Å². The molecule has 2 nitrogen and oxygen atoms in total. The zero-order chi connectivity index (χ0) is 14.9. The third-order valence-corrected chi connectivity index (χ3v) is 5.48. The third kappa shape index (κ3) is 3.11. The maximum Gasteiger partial charge on any atom is 0.0504 e. The smallest absolute Gasteiger partial charge is 0.0504 e. The molecule has 3 atom stereocenters. The predicted molar refractivity (Wildman–Crippen MR) is 88.7 cm³/mol. The fourth-order valence-electron chi connectivity index (χ4n) is 4.57. The summed E-state index contributed by atoms with van der Waals surface area (Å²) in [5.74, 6) is 1.46. The van der Waals surface area contributed by atoms with Gasteiger partial charge in [-0.15, -0.1) is 0 Å². The number of para-hydroxylation sites is 1. The van der Waals surface area contributed by atoms with Gasteiger partial charge in [0.1, 0.15) is 0 Å². The highest BCUT2D eigenvalue weighted by Crippen LogP contribution is 2.41. The molecule has 0 aromatic heterocycles. The zero-order valence-electron chi connectivity index (χ0n) is 13.5. The molecule has 21 heavy (non-hydrogen) atoms. The molecule has 1 saturated carbocycles. The van der Waals surface area contributed by atoms with Crippen LogP contribution >= 0.6 is 0 Å². The molecule has 1 aromatic carbocycles. The molecule has 1 heterocycles. The average molecular weight is 287 g/mol. The van der Waals surface area contributed by atoms with E-state index in [9.17, 15) is 5.11 Å². The first-order valence-electron chi connectivity index (χ1n) is 8.56. The van der Waals surface area contributed by atoms with Crippen molar-refractivity contribution >= 4 is 5.69 Å². The monoisotopic (exact) mass is 287 g/mol. The maximum atomic E-state index is 10.1. The van der Waals surface area contributed by atoms with Crippen LogP contribution in [0.15, 0.2) is 24.3 Å². The lowest BCUT2D eigenvalue weighted by Crippen LogP contribution is -2.46. The first-order valence-corrected chi connectivity index (χ1v) is 8.56. The SMILES string of the molecule is CC1Cc2ccccc2N(CC2(CO)CCCC(C)C2)C1. The van der Waals surface area contributed by atoms with Gasteiger partial charge in [-0.3, -0.25) is 0 Å². The van der Waals surface area contributed by atoms with Crippen molar-refractivity contribution in [2.45, 2.75) is 46.0 Å². The molecule has 1 aromatic rings. The first-order chi connectivity index (χ1) is 10.1. The van der Waals surface area contributed by atoms with Gasteiger partial charge in [-0.25, -0.2) is 0 Å². The van der Waals surface area contributed by atoms with Crippen LogP contribution in [0, 0.1) is 17.3 Å². The fourth-order valence-corrected chi connectivity index (χ4v) is 4.57. The molecular formula is C19H29NO. The largest absolute Gasteiger partial charge is 0.396 e. The van der Waals surface area contributed by atoms with Crippen LogP contribution in [0.25, 0.3) is 0 Å². The van der Waals surface area contributed by atoms with Gasteiger partial charge in [-0.1, -0.05) is 44.9 Å². The van der Waals surface area contributed by atoms with Gasteiger partial charge in [0.25, 0.3) is 0 Å². The van der Waals surface area contributed by atoms with Gasteiger partial charge < -0.3 is 10.0 Å². The summed E-state index contributed by atoms with van der Waals surface area (Å²) in [5.41, 5.74) is 3.00. The van der Waals surface area contributed by atoms with Crippen molar-refractivity contribution < 1.29 is 5.11 Å². The van der Waals surface area contributed by atoms with Crippen LogP contribution in [0.1, 0.15) is 45.1 Å². The second kappa shape index (κ2) is 6.00. The number of hydrogen-bond acceptors (Lipinski definition) is 2. The number of nitrogens with zero attached hydrogens (tertiary/aromatic N) is 1. The van der Waals surface area contributed by atoms with Crippen LogP contribution < -0.4 is 4.90 Å². The van der Waals surface area contributed by atoms with Crippen molar-refractivity contribution in [2.24, 2.45) is 17.3 Å². The zero-order valence-corrected chi connectivity index (χ0v) is 13.5. The normalized spacial score (nSPS) is 32.8. The molecule has 0 radical (unpaired) electrons. The van der Waals surface area contributed by atoms with Crippen LogP contribution in [-0.2, 0) is 6.42 Å². The molecule has 2 aliphatic rings. The van der Waals surface area contributed by atoms with E-state index in [0.717, 1.165) is 19.0 Å². The van der Waals surface area contributed by atoms with E-state index < -0.39 is 0 Å². The number of aliphatic hydroxyl groups excluding tert-OH is 1. The van der Waals surface area contributed by atoms with Gasteiger partial charge in [0.05, 0.1) is 6.61 Å². The van der Waals surface area contributed by atoms with Crippen molar-refractivity contribution in [1.29, 1.82) is 0 Å². The van der Waals surface area contributed by atoms with Crippen molar-refractivity contribution in [3.63, 3.8) is 0 Å². The lowest BCUT2D eigenvalue weighted by Gasteiger charge is -2.45. The summed E-state index contributed by atoms with van der Waals surface area (Å²) < 4.78 is 0. The van der Waals surface area contributed by atoms with E-state index in [1.165, 1.54) is 43.4 Å². The summed E-state index contributed by atoms with van der Waals surface area (Å²) in [5, 5.41) is 10.1. The number of anilines is 1. The molecule has 0 saturated heterocycles. The van der Waals surface area contributed by atoms with Gasteiger partial charge in [0.15, 0.2) is 0 Å². The molecule has 116 valence electrons. The van der Waals surface area contributed by atoms with Crippen LogP contribution in [-0.4, -0.2) is 24.8 Å². The molecule has 1 aliphatic heterocycles. The molecule has 0 bridgehead atoms. The topological polar surface area (TPSA) is 23.5 Å². The highest BCUT2D eigenvalue weighted by Gasteiger charge is 2.37. The van der Waals surface area contributed by atoms with Crippen molar-refractivity contribution in [3.05, 3.63) is 29.8 Å². The molecule has 2 heteroatoms. The van der Waals surface area contributed by atoms with E-state index in [-0.39, 0.29) is 5.41 Å². The van der Waals surface area contributed by atoms with Crippen LogP contribution in [0.2, 0.25) is 0 Å². The standard InChI is InChI=1S/C19H29NO/c1-15-6-5-9-19(11-15,14-21)13-20-12-16(2)10-17-7-3-4-8-18(17)20/h3-4,7-8,15-16,21H,5-6,9-14H2,1-2H3. The Morgan fingerprint density at radius 1 is 1.24 bits per heavy atom. The average Bonchev–Trinajstić information content (AvgIpc) is 2.47. The maximum absolute atomic E-state index is 10.1. The summed E-state index contributed by atoms with van der Waals surface area (Å²) in [4.78, 5) is 2.55. The van der Waals surface area contributed by atoms with Gasteiger partial charge >= 0.3 is 0 Å². The summed E-state index contributed by atoms with van der Waals surface area (Å²) in [6, 6.07) is 8.84. The van der Waals surface area contributed by atoms with Crippen molar-refractivity contribution in [1.82, 2.24) is 0 Å². The van der Waals surface area contributed by atoms with E-state index in [0.29, 0.717) is 12.5 Å². The minimum atomic E-state index is 0.113. The van der Waals surface area contributed by atoms with Crippen LogP contribution in [0.5, 0.6) is 0 Å². The first kappa shape index (κ1) is 14.9. The highest BCUT2D eigenvalue weighted by atomic mass is 16.3. The third-order valence-electron chi connectivity index (χ3n) is 5.48. The quantitative estimate of drug-likeness (QED) is 0.912. The molecular weight excluding hydrogens is 258 g/mol. The number of hydrogen-bond donors (Lipinski definition) is 1. The summed E-state index contributed by atoms with van der Waals surface area (Å²) in [6.07, 6.45) is 6.15. The number of fused-ring (bicyclic) bond motifs is 1. The number of benzene rings is 1. The van der Waals surface area contributed by atoms with E-state index >= 15 is 0 Å². The van der Waals surface area contributed by atoms with E-state index in [1.54, 1.807) is 0 Å². The second-order valence-corrected chi connectivity index (χ2v) is 7.68. The fraction of sp³-hybridized carbons (Fsp3) is 0.684. The molecule has 0 spiro atoms. The van der Waals surface area contributed by atoms with Crippen LogP contribution in [0.3, 0.4) is 0 Å². The second-order valence-electron chi connectivity index (χ2n) is 7.68. The Morgan fingerprint density at radius 2 is 2.05 bits per heavy atom. The predicted octanol–water partition coefficient (Wildman–Crippen LogP) is 3.87. The van der Waals surface area contributed by atoms with Gasteiger partial charge in [-0.05, 0) is 42.7 Å². The van der Waals surface area contributed by atoms with Crippen molar-refractivity contribution in [2.75, 3.05) is 24.6 Å². The number of rotatable bonds is 3. The van der Waals surface area contributed by atoms with E-state index in [1.807, 2.05) is 0 Å². The van der Waals surface area contributed by atoms with E-state index in [2.05, 4.69) is 43.0 Å². The Balaban J connectivity index is 1.83. The van der Waals surface area contributed by atoms with Crippen molar-refractivity contribution in [3.8, 4) is 0 Å². The Morgan fingerprint density at radius 3 is 2.81 bits per heavy atom.